The van der Waals surface area contributed by atoms with Crippen molar-refractivity contribution in [3.63, 3.8) is 0 Å². The zero-order chi connectivity index (χ0) is 16.9. The fraction of sp³-hybridized carbons (Fsp3) is 0.870. The number of hydrogen-bond acceptors (Lipinski definition) is 3. The second-order valence-corrected chi connectivity index (χ2v) is 9.19. The molecule has 4 rings (SSSR count). The number of aliphatic hydroxyl groups excluding tert-OH is 1. The Morgan fingerprint density at radius 3 is 2.56 bits per heavy atom. The Hall–Kier alpha value is 0.434. The first-order valence-corrected chi connectivity index (χ1v) is 9.85. The first-order valence-electron chi connectivity index (χ1n) is 9.85. The van der Waals surface area contributed by atoms with Gasteiger partial charge in [0.15, 0.2) is 0 Å². The summed E-state index contributed by atoms with van der Waals surface area (Å²) in [6, 6.07) is 0. The number of aliphatic hydroxyl groups is 1. The van der Waals surface area contributed by atoms with E-state index in [2.05, 4.69) is 19.9 Å². The van der Waals surface area contributed by atoms with Crippen molar-refractivity contribution in [1.29, 1.82) is 0 Å². The number of hydrogen-bond donors (Lipinski definition) is 1. The van der Waals surface area contributed by atoms with E-state index in [0.29, 0.717) is 11.3 Å². The average Bonchev–Trinajstić information content (AvgIpc) is 2.88. The van der Waals surface area contributed by atoms with Gasteiger partial charge in [0.1, 0.15) is 0 Å². The van der Waals surface area contributed by atoms with Gasteiger partial charge in [0.2, 0.25) is 0 Å². The number of carbonyl (C=O) groups excluding carboxylic acids is 1. The Bertz CT molecular complexity index is 548. The van der Waals surface area contributed by atoms with Crippen molar-refractivity contribution in [3.05, 3.63) is 11.6 Å². The van der Waals surface area contributed by atoms with Gasteiger partial charge < -0.3 is 14.6 Å². The normalized spacial score (nSPS) is 44.9. The Balaban J connectivity index is 0.00000121. The van der Waals surface area contributed by atoms with Gasteiger partial charge >= 0.3 is 0 Å². The van der Waals surface area contributed by atoms with Gasteiger partial charge in [0.25, 0.3) is 0 Å². The molecule has 0 amide bonds. The molecule has 3 fully saturated rings. The molecule has 0 saturated heterocycles. The van der Waals surface area contributed by atoms with E-state index >= 15 is 0 Å². The Labute approximate surface area is 192 Å². The largest absolute Gasteiger partial charge is 0.540 e. The molecule has 27 heavy (non-hydrogen) atoms. The molecule has 153 valence electrons. The first kappa shape index (κ1) is 25.5. The van der Waals surface area contributed by atoms with Crippen LogP contribution in [0.25, 0.3) is 0 Å². The van der Waals surface area contributed by atoms with Crippen molar-refractivity contribution in [2.45, 2.75) is 92.3 Å². The van der Waals surface area contributed by atoms with Crippen LogP contribution in [0, 0.1) is 28.6 Å². The van der Waals surface area contributed by atoms with Gasteiger partial charge in [-0.3, -0.25) is 0 Å². The second kappa shape index (κ2) is 9.50. The molecule has 0 bridgehead atoms. The second-order valence-electron chi connectivity index (χ2n) is 9.19. The fourth-order valence-corrected chi connectivity index (χ4v) is 6.94. The molecule has 0 spiro atoms. The van der Waals surface area contributed by atoms with Crippen molar-refractivity contribution < 1.29 is 47.3 Å². The molecule has 1 radical (unpaired) electrons. The van der Waals surface area contributed by atoms with Gasteiger partial charge in [-0.15, -0.1) is 0 Å². The van der Waals surface area contributed by atoms with Crippen LogP contribution in [-0.2, 0) is 42.2 Å². The molecule has 4 aliphatic rings. The predicted octanol–water partition coefficient (Wildman–Crippen LogP) is 5.07. The first-order chi connectivity index (χ1) is 11.5. The van der Waals surface area contributed by atoms with Crippen LogP contribution in [0.3, 0.4) is 0 Å². The summed E-state index contributed by atoms with van der Waals surface area (Å²) in [4.78, 5) is 10.5. The van der Waals surface area contributed by atoms with Crippen LogP contribution in [0.4, 0.5) is 0 Å². The van der Waals surface area contributed by atoms with Crippen molar-refractivity contribution in [1.82, 2.24) is 0 Å². The van der Waals surface area contributed by atoms with E-state index in [-0.39, 0.29) is 71.8 Å². The van der Waals surface area contributed by atoms with Crippen molar-refractivity contribution in [2.75, 3.05) is 6.61 Å². The number of rotatable bonds is 3. The minimum absolute atomic E-state index is 0. The number of ether oxygens (including phenoxy) is 1. The van der Waals surface area contributed by atoms with E-state index in [9.17, 15) is 9.90 Å². The summed E-state index contributed by atoms with van der Waals surface area (Å²) in [5, 5.41) is 10.5. The summed E-state index contributed by atoms with van der Waals surface area (Å²) in [5.74, 6) is 2.26. The standard InChI is InChI=1S/C21H31O3.2CH4.Y/c1-20-9-7-15(24-12-11-22)13-14(20)3-4-16-17-5-6-19(23)21(17,2)10-8-18(16)20;;;/h13,15-19,23H,3-10,12H2,1-2H3;2*1H4;/q-1;;;/t15-,16?,17?,18?,19?,20?,21?;;;/m0.../s1. The molecule has 0 aromatic rings. The number of fused-ring (bicyclic) bond motifs is 5. The van der Waals surface area contributed by atoms with E-state index < -0.39 is 0 Å². The molecule has 3 nitrogen and oxygen atoms in total. The minimum atomic E-state index is -0.0862. The number of allylic oxidation sites excluding steroid dienone is 1. The maximum Gasteiger partial charge on any atom is 0.0726 e. The monoisotopic (exact) mass is 452 g/mol. The average molecular weight is 452 g/mol. The van der Waals surface area contributed by atoms with Gasteiger partial charge in [-0.2, -0.15) is 0 Å². The van der Waals surface area contributed by atoms with Crippen LogP contribution in [0.5, 0.6) is 0 Å². The molecule has 0 heterocycles. The van der Waals surface area contributed by atoms with Crippen LogP contribution in [0.15, 0.2) is 11.6 Å². The predicted molar refractivity (Wildman–Crippen MR) is 107 cm³/mol. The van der Waals surface area contributed by atoms with Crippen LogP contribution < -0.4 is 0 Å². The SMILES string of the molecule is C.C.CC12CC[C@H](OC[C-]=O)C=C1CCC1C2CCC2(C)C(O)CCC12.[Y]. The molecule has 4 heteroatoms. The molecule has 4 aliphatic carbocycles. The molecule has 1 N–H and O–H groups in total. The maximum atomic E-state index is 10.5. The smallest absolute Gasteiger partial charge is 0.0726 e. The minimum Gasteiger partial charge on any atom is -0.540 e. The molecule has 0 aliphatic heterocycles. The molecule has 3 saturated carbocycles. The van der Waals surface area contributed by atoms with Gasteiger partial charge in [-0.25, -0.2) is 6.29 Å². The van der Waals surface area contributed by atoms with Crippen molar-refractivity contribution in [2.24, 2.45) is 28.6 Å². The molecule has 0 aromatic heterocycles. The van der Waals surface area contributed by atoms with E-state index in [1.54, 1.807) is 5.57 Å². The Morgan fingerprint density at radius 2 is 1.85 bits per heavy atom. The Morgan fingerprint density at radius 1 is 1.11 bits per heavy atom. The fourth-order valence-electron chi connectivity index (χ4n) is 6.94. The molecule has 7 atom stereocenters. The summed E-state index contributed by atoms with van der Waals surface area (Å²) >= 11 is 0. The van der Waals surface area contributed by atoms with E-state index in [0.717, 1.165) is 24.7 Å². The van der Waals surface area contributed by atoms with Gasteiger partial charge in [-0.05, 0) is 86.6 Å². The third-order valence-electron chi connectivity index (χ3n) is 8.38. The maximum absolute atomic E-state index is 10.5. The Kier molecular flexibility index (Phi) is 8.96. The van der Waals surface area contributed by atoms with Crippen LogP contribution in [-0.4, -0.2) is 30.2 Å². The van der Waals surface area contributed by atoms with E-state index in [1.165, 1.54) is 38.5 Å². The summed E-state index contributed by atoms with van der Waals surface area (Å²) < 4.78 is 5.63. The zero-order valence-corrected chi connectivity index (χ0v) is 18.5. The molecular weight excluding hydrogens is 413 g/mol. The summed E-state index contributed by atoms with van der Waals surface area (Å²) in [5.41, 5.74) is 2.05. The molecular formula is C23H39O3Y-. The van der Waals surface area contributed by atoms with Crippen LogP contribution in [0.1, 0.15) is 80.1 Å². The van der Waals surface area contributed by atoms with Crippen LogP contribution in [0.2, 0.25) is 0 Å². The van der Waals surface area contributed by atoms with Gasteiger partial charge in [-0.1, -0.05) is 40.3 Å². The van der Waals surface area contributed by atoms with Crippen molar-refractivity contribution >= 4 is 6.29 Å². The summed E-state index contributed by atoms with van der Waals surface area (Å²) in [7, 11) is 0. The zero-order valence-electron chi connectivity index (χ0n) is 15.7. The molecule has 6 unspecified atom stereocenters. The van der Waals surface area contributed by atoms with Crippen LogP contribution >= 0.6 is 0 Å². The molecule has 0 aromatic carbocycles. The van der Waals surface area contributed by atoms with E-state index in [4.69, 9.17) is 4.74 Å². The quantitative estimate of drug-likeness (QED) is 0.480. The van der Waals surface area contributed by atoms with Gasteiger partial charge in [0, 0.05) is 32.7 Å². The summed E-state index contributed by atoms with van der Waals surface area (Å²) in [6.07, 6.45) is 13.5. The third kappa shape index (κ3) is 4.05. The topological polar surface area (TPSA) is 46.5 Å². The van der Waals surface area contributed by atoms with Crippen molar-refractivity contribution in [3.8, 4) is 0 Å². The summed E-state index contributed by atoms with van der Waals surface area (Å²) in [6.45, 7) is 4.92. The van der Waals surface area contributed by atoms with E-state index in [1.807, 2.05) is 6.29 Å². The van der Waals surface area contributed by atoms with Gasteiger partial charge in [0.05, 0.1) is 12.2 Å². The third-order valence-corrected chi connectivity index (χ3v) is 8.38.